The number of methoxy groups -OCH3 is 3. The van der Waals surface area contributed by atoms with Crippen LogP contribution in [0.2, 0.25) is 0 Å². The molecule has 0 atom stereocenters. The van der Waals surface area contributed by atoms with Gasteiger partial charge >= 0.3 is 0 Å². The molecule has 0 aliphatic rings. The highest BCUT2D eigenvalue weighted by Crippen LogP contribution is 2.40. The molecule has 0 saturated heterocycles. The van der Waals surface area contributed by atoms with Crippen LogP contribution in [-0.4, -0.2) is 41.0 Å². The maximum absolute atomic E-state index is 13.0. The molecule has 0 saturated carbocycles. The molecule has 0 amide bonds. The molecule has 0 aliphatic heterocycles. The van der Waals surface area contributed by atoms with E-state index in [2.05, 4.69) is 10.1 Å². The molecule has 2 aromatic heterocycles. The van der Waals surface area contributed by atoms with Crippen LogP contribution in [0.1, 0.15) is 25.8 Å². The lowest BCUT2D eigenvalue weighted by Crippen LogP contribution is -2.25. The first-order chi connectivity index (χ1) is 16.0. The van der Waals surface area contributed by atoms with Gasteiger partial charge in [-0.15, -0.1) is 0 Å². The second-order valence-corrected chi connectivity index (χ2v) is 8.34. The van der Waals surface area contributed by atoms with Crippen molar-refractivity contribution in [3.05, 3.63) is 52.6 Å². The molecule has 33 heavy (non-hydrogen) atoms. The number of benzene rings is 2. The monoisotopic (exact) mass is 468 g/mol. The summed E-state index contributed by atoms with van der Waals surface area (Å²) in [5.41, 5.74) is 1.25. The van der Waals surface area contributed by atoms with Crippen molar-refractivity contribution in [1.29, 1.82) is 0 Å². The van der Waals surface area contributed by atoms with Crippen molar-refractivity contribution in [2.24, 2.45) is 0 Å². The van der Waals surface area contributed by atoms with Gasteiger partial charge in [-0.3, -0.25) is 9.36 Å². The van der Waals surface area contributed by atoms with Gasteiger partial charge in [-0.1, -0.05) is 29.1 Å². The molecule has 0 N–H and O–H groups in total. The smallest absolute Gasteiger partial charge is 0.262 e. The van der Waals surface area contributed by atoms with Gasteiger partial charge in [-0.2, -0.15) is 4.98 Å². The number of ether oxygens (including phenoxy) is 3. The SMILES string of the molecule is COc1cc(-c2noc(CSc3nc4ccccc4c(=O)n3C(C)C)n2)cc(OC)c1OC. The number of thioether (sulfide) groups is 1. The van der Waals surface area contributed by atoms with E-state index in [1.807, 2.05) is 32.0 Å². The number of hydrogen-bond donors (Lipinski definition) is 0. The predicted octanol–water partition coefficient (Wildman–Crippen LogP) is 4.35. The van der Waals surface area contributed by atoms with Gasteiger partial charge in [0.25, 0.3) is 5.56 Å². The Morgan fingerprint density at radius 3 is 2.36 bits per heavy atom. The van der Waals surface area contributed by atoms with Crippen LogP contribution in [0, 0.1) is 0 Å². The molecule has 0 aliphatic carbocycles. The molecule has 4 aromatic rings. The highest BCUT2D eigenvalue weighted by molar-refractivity contribution is 7.98. The third kappa shape index (κ3) is 4.38. The van der Waals surface area contributed by atoms with E-state index in [1.165, 1.54) is 11.8 Å². The second-order valence-electron chi connectivity index (χ2n) is 7.39. The summed E-state index contributed by atoms with van der Waals surface area (Å²) in [6.07, 6.45) is 0. The molecule has 0 unspecified atom stereocenters. The largest absolute Gasteiger partial charge is 0.493 e. The maximum Gasteiger partial charge on any atom is 0.262 e. The number of rotatable bonds is 8. The lowest BCUT2D eigenvalue weighted by atomic mass is 10.1. The van der Waals surface area contributed by atoms with Crippen LogP contribution >= 0.6 is 11.8 Å². The van der Waals surface area contributed by atoms with Crippen LogP contribution in [0.5, 0.6) is 17.2 Å². The van der Waals surface area contributed by atoms with Crippen LogP contribution in [0.3, 0.4) is 0 Å². The Morgan fingerprint density at radius 2 is 1.73 bits per heavy atom. The third-order valence-corrected chi connectivity index (χ3v) is 5.95. The molecule has 172 valence electrons. The normalized spacial score (nSPS) is 11.2. The van der Waals surface area contributed by atoms with Crippen molar-refractivity contribution in [1.82, 2.24) is 19.7 Å². The molecule has 0 bridgehead atoms. The minimum absolute atomic E-state index is 0.0467. The van der Waals surface area contributed by atoms with Crippen molar-refractivity contribution in [3.63, 3.8) is 0 Å². The van der Waals surface area contributed by atoms with Crippen LogP contribution in [-0.2, 0) is 5.75 Å². The molecule has 0 spiro atoms. The fraction of sp³-hybridized carbons (Fsp3) is 0.304. The lowest BCUT2D eigenvalue weighted by molar-refractivity contribution is 0.324. The van der Waals surface area contributed by atoms with Crippen molar-refractivity contribution in [2.75, 3.05) is 21.3 Å². The Balaban J connectivity index is 1.63. The van der Waals surface area contributed by atoms with Gasteiger partial charge in [-0.25, -0.2) is 4.98 Å². The summed E-state index contributed by atoms with van der Waals surface area (Å²) in [5.74, 6) is 2.62. The van der Waals surface area contributed by atoms with Crippen molar-refractivity contribution < 1.29 is 18.7 Å². The Hall–Kier alpha value is -3.53. The number of hydrogen-bond acceptors (Lipinski definition) is 9. The van der Waals surface area contributed by atoms with E-state index in [-0.39, 0.29) is 11.6 Å². The van der Waals surface area contributed by atoms with Gasteiger partial charge in [0.2, 0.25) is 17.5 Å². The van der Waals surface area contributed by atoms with Crippen molar-refractivity contribution in [3.8, 4) is 28.6 Å². The standard InChI is InChI=1S/C23H24N4O5S/c1-13(2)27-22(28)15-8-6-7-9-16(15)24-23(27)33-12-19-25-21(26-32-19)14-10-17(29-3)20(31-5)18(11-14)30-4/h6-11,13H,12H2,1-5H3. The molecule has 0 radical (unpaired) electrons. The summed E-state index contributed by atoms with van der Waals surface area (Å²) in [5, 5.41) is 5.28. The molecule has 4 rings (SSSR count). The maximum atomic E-state index is 13.0. The number of fused-ring (bicyclic) bond motifs is 1. The van der Waals surface area contributed by atoms with Gasteiger partial charge in [0, 0.05) is 11.6 Å². The topological polar surface area (TPSA) is 102 Å². The first-order valence-corrected chi connectivity index (χ1v) is 11.2. The fourth-order valence-electron chi connectivity index (χ4n) is 3.45. The summed E-state index contributed by atoms with van der Waals surface area (Å²) < 4.78 is 23.3. The van der Waals surface area contributed by atoms with Gasteiger partial charge in [0.05, 0.1) is 38.0 Å². The minimum atomic E-state index is -0.0678. The summed E-state index contributed by atoms with van der Waals surface area (Å²) >= 11 is 1.37. The van der Waals surface area contributed by atoms with Gasteiger partial charge in [-0.05, 0) is 38.1 Å². The molecular weight excluding hydrogens is 444 g/mol. The first-order valence-electron chi connectivity index (χ1n) is 10.2. The Bertz CT molecular complexity index is 1320. The van der Waals surface area contributed by atoms with Crippen molar-refractivity contribution >= 4 is 22.7 Å². The highest BCUT2D eigenvalue weighted by Gasteiger charge is 2.19. The zero-order valence-electron chi connectivity index (χ0n) is 19.0. The Labute approximate surface area is 194 Å². The van der Waals surface area contributed by atoms with Crippen molar-refractivity contribution in [2.45, 2.75) is 30.8 Å². The molecule has 9 nitrogen and oxygen atoms in total. The zero-order chi connectivity index (χ0) is 23.5. The van der Waals surface area contributed by atoms with Crippen LogP contribution in [0.4, 0.5) is 0 Å². The highest BCUT2D eigenvalue weighted by atomic mass is 32.2. The minimum Gasteiger partial charge on any atom is -0.493 e. The van der Waals surface area contributed by atoms with E-state index >= 15 is 0 Å². The van der Waals surface area contributed by atoms with Gasteiger partial charge < -0.3 is 18.7 Å². The molecular formula is C23H24N4O5S. The quantitative estimate of drug-likeness (QED) is 0.276. The molecule has 10 heteroatoms. The van der Waals surface area contributed by atoms with E-state index in [0.29, 0.717) is 56.3 Å². The molecule has 2 aromatic carbocycles. The number of aromatic nitrogens is 4. The molecule has 2 heterocycles. The van der Waals surface area contributed by atoms with E-state index in [9.17, 15) is 4.79 Å². The average Bonchev–Trinajstić information content (AvgIpc) is 3.30. The van der Waals surface area contributed by atoms with Crippen LogP contribution < -0.4 is 19.8 Å². The predicted molar refractivity (Wildman–Crippen MR) is 125 cm³/mol. The molecule has 0 fully saturated rings. The first kappa shape index (κ1) is 22.7. The van der Waals surface area contributed by atoms with E-state index in [4.69, 9.17) is 23.7 Å². The summed E-state index contributed by atoms with van der Waals surface area (Å²) in [6.45, 7) is 3.91. The number of nitrogens with zero attached hydrogens (tertiary/aromatic N) is 4. The summed E-state index contributed by atoms with van der Waals surface area (Å²) in [7, 11) is 4.63. The second kappa shape index (κ2) is 9.53. The lowest BCUT2D eigenvalue weighted by Gasteiger charge is -2.15. The Kier molecular flexibility index (Phi) is 6.55. The van der Waals surface area contributed by atoms with Gasteiger partial charge in [0.15, 0.2) is 16.7 Å². The zero-order valence-corrected chi connectivity index (χ0v) is 19.8. The number of para-hydroxylation sites is 1. The summed E-state index contributed by atoms with van der Waals surface area (Å²) in [6, 6.07) is 10.8. The van der Waals surface area contributed by atoms with E-state index < -0.39 is 0 Å². The Morgan fingerprint density at radius 1 is 1.03 bits per heavy atom. The third-order valence-electron chi connectivity index (χ3n) is 5.01. The fourth-order valence-corrected chi connectivity index (χ4v) is 4.42. The van der Waals surface area contributed by atoms with E-state index in [1.54, 1.807) is 44.1 Å². The summed E-state index contributed by atoms with van der Waals surface area (Å²) in [4.78, 5) is 22.2. The van der Waals surface area contributed by atoms with Gasteiger partial charge in [0.1, 0.15) is 0 Å². The average molecular weight is 469 g/mol. The van der Waals surface area contributed by atoms with Crippen LogP contribution in [0.25, 0.3) is 22.3 Å². The van der Waals surface area contributed by atoms with Crippen LogP contribution in [0.15, 0.2) is 50.9 Å². The van der Waals surface area contributed by atoms with E-state index in [0.717, 1.165) is 0 Å².